The molecule has 0 radical (unpaired) electrons. The molecule has 5 aromatic rings. The normalized spacial score (nSPS) is 24.5. The Morgan fingerprint density at radius 3 is 2.54 bits per heavy atom. The van der Waals surface area contributed by atoms with E-state index in [1.165, 1.54) is 22.3 Å². The van der Waals surface area contributed by atoms with Crippen LogP contribution < -0.4 is 10.4 Å². The molecule has 9 nitrogen and oxygen atoms in total. The molecule has 4 heterocycles. The lowest BCUT2D eigenvalue weighted by Crippen LogP contribution is -2.54. The zero-order valence-corrected chi connectivity index (χ0v) is 37.8. The molecule has 3 aliphatic heterocycles. The Labute approximate surface area is 381 Å². The molecule has 1 aromatic heterocycles. The second-order valence-corrected chi connectivity index (χ2v) is 18.9. The number of esters is 2. The van der Waals surface area contributed by atoms with Crippen molar-refractivity contribution < 1.29 is 38.1 Å². The maximum Gasteiger partial charge on any atom is 0.339 e. The van der Waals surface area contributed by atoms with Crippen LogP contribution in [0.4, 0.5) is 0 Å². The van der Waals surface area contributed by atoms with Crippen LogP contribution in [0.3, 0.4) is 0 Å². The molecule has 0 spiro atoms. The Balaban J connectivity index is 1.17. The first kappa shape index (κ1) is 44.3. The lowest BCUT2D eigenvalue weighted by Gasteiger charge is -2.45. The predicted octanol–water partition coefficient (Wildman–Crippen LogP) is 10.1. The first-order valence-corrected chi connectivity index (χ1v) is 23.2. The van der Waals surface area contributed by atoms with Gasteiger partial charge in [0.2, 0.25) is 0 Å². The number of aliphatic hydroxyl groups excluding tert-OH is 1. The van der Waals surface area contributed by atoms with Gasteiger partial charge in [0.1, 0.15) is 11.3 Å². The first-order valence-electron chi connectivity index (χ1n) is 23.2. The summed E-state index contributed by atoms with van der Waals surface area (Å²) >= 11 is 0. The molecule has 7 atom stereocenters. The number of aryl methyl sites for hydroxylation is 1. The summed E-state index contributed by atoms with van der Waals surface area (Å²) in [7, 11) is 1.55. The molecule has 4 aliphatic rings. The highest BCUT2D eigenvalue weighted by atomic mass is 16.6. The van der Waals surface area contributed by atoms with Gasteiger partial charge in [0, 0.05) is 49.0 Å². The van der Waals surface area contributed by atoms with Gasteiger partial charge in [0.15, 0.2) is 17.8 Å². The fourth-order valence-corrected chi connectivity index (χ4v) is 10.9. The number of carbonyl (C=O) groups is 2. The zero-order chi connectivity index (χ0) is 45.2. The van der Waals surface area contributed by atoms with E-state index in [1.807, 2.05) is 32.9 Å². The standard InChI is InChI=1S/C56H58O9/c1-34(2)44-20-16-36-17-21-45-40(28-36)14-8-9-25-56(3)53(64-54(44)59)52(50-48(65-56)23-19-41-31-47(55(60)63-51(41)50)42(24-26-57)33-61-4)62-49(58)32-43-30-39(18-22-46(43)45)38-15-10-13-37(29-38)27-35-11-6-5-7-12-35/h5-7,10-13,15,17,19,21,23,28-29,31,39,42-43,46,52-53,57H,14,16,18,20,22,24-27,30,32-33H2,1-4H3. The Hall–Kier alpha value is -5.95. The molecule has 0 saturated heterocycles. The van der Waals surface area contributed by atoms with Gasteiger partial charge in [-0.15, -0.1) is 0 Å². The molecule has 1 fully saturated rings. The van der Waals surface area contributed by atoms with E-state index < -0.39 is 41.3 Å². The number of methoxy groups -OCH3 is 1. The van der Waals surface area contributed by atoms with E-state index in [2.05, 4.69) is 78.6 Å². The van der Waals surface area contributed by atoms with Gasteiger partial charge in [-0.25, -0.2) is 9.59 Å². The summed E-state index contributed by atoms with van der Waals surface area (Å²) in [6.45, 7) is 5.73. The van der Waals surface area contributed by atoms with E-state index in [-0.39, 0.29) is 49.4 Å². The van der Waals surface area contributed by atoms with Crippen LogP contribution in [0.25, 0.3) is 11.0 Å². The van der Waals surface area contributed by atoms with Gasteiger partial charge in [-0.2, -0.15) is 0 Å². The molecule has 9 rings (SSSR count). The van der Waals surface area contributed by atoms with Crippen LogP contribution in [0.1, 0.15) is 134 Å². The number of rotatable bonds is 8. The molecule has 1 N–H and O–H groups in total. The van der Waals surface area contributed by atoms with Crippen LogP contribution in [-0.2, 0) is 43.1 Å². The van der Waals surface area contributed by atoms with Crippen molar-refractivity contribution in [3.05, 3.63) is 157 Å². The van der Waals surface area contributed by atoms with Crippen LogP contribution in [-0.4, -0.2) is 49.1 Å². The summed E-state index contributed by atoms with van der Waals surface area (Å²) in [6.07, 6.45) is 3.31. The van der Waals surface area contributed by atoms with Gasteiger partial charge in [0.25, 0.3) is 0 Å². The quantitative estimate of drug-likeness (QED) is 0.0703. The topological polar surface area (TPSA) is 122 Å². The Kier molecular flexibility index (Phi) is 12.9. The lowest BCUT2D eigenvalue weighted by atomic mass is 9.67. The van der Waals surface area contributed by atoms with Gasteiger partial charge < -0.3 is 28.5 Å². The molecule has 1 aliphatic carbocycles. The average Bonchev–Trinajstić information content (AvgIpc) is 3.28. The van der Waals surface area contributed by atoms with Gasteiger partial charge in [0.05, 0.1) is 18.6 Å². The third kappa shape index (κ3) is 9.17. The highest BCUT2D eigenvalue weighted by Gasteiger charge is 2.53. The molecule has 0 amide bonds. The lowest BCUT2D eigenvalue weighted by molar-refractivity contribution is -0.190. The Bertz CT molecular complexity index is 2750. The second-order valence-electron chi connectivity index (χ2n) is 18.9. The van der Waals surface area contributed by atoms with E-state index in [1.54, 1.807) is 19.2 Å². The minimum absolute atomic E-state index is 0.0753. The average molecular weight is 875 g/mol. The predicted molar refractivity (Wildman–Crippen MR) is 249 cm³/mol. The van der Waals surface area contributed by atoms with E-state index >= 15 is 0 Å². The number of benzene rings is 4. The van der Waals surface area contributed by atoms with Gasteiger partial charge in [-0.05, 0) is 135 Å². The molecule has 5 bridgehead atoms. The van der Waals surface area contributed by atoms with Crippen molar-refractivity contribution in [3.63, 3.8) is 0 Å². The number of ether oxygens (including phenoxy) is 4. The Morgan fingerprint density at radius 1 is 0.908 bits per heavy atom. The SMILES string of the molecule is COCC(CCO)c1cc2ccc3c(c2oc1=O)C1OC(=O)CC2CC(c4cccc(Cc5ccccc5)c4)CCC2c2ccc4cc2CC#CCC(C)(O3)C1OC(=O)C(=C(C)C)CC4. The molecule has 65 heavy (non-hydrogen) atoms. The first-order chi connectivity index (χ1) is 31.5. The van der Waals surface area contributed by atoms with Crippen molar-refractivity contribution in [2.45, 2.75) is 121 Å². The number of aliphatic hydroxyl groups is 1. The summed E-state index contributed by atoms with van der Waals surface area (Å²) in [6, 6.07) is 31.4. The summed E-state index contributed by atoms with van der Waals surface area (Å²) in [5.74, 6) is 6.10. The van der Waals surface area contributed by atoms with Crippen LogP contribution in [0.5, 0.6) is 5.75 Å². The highest BCUT2D eigenvalue weighted by Crippen LogP contribution is 2.51. The molecular formula is C56H58O9. The monoisotopic (exact) mass is 874 g/mol. The fourth-order valence-electron chi connectivity index (χ4n) is 10.9. The van der Waals surface area contributed by atoms with Crippen LogP contribution >= 0.6 is 0 Å². The van der Waals surface area contributed by atoms with Crippen molar-refractivity contribution in [2.75, 3.05) is 20.3 Å². The van der Waals surface area contributed by atoms with Crippen molar-refractivity contribution in [1.82, 2.24) is 0 Å². The number of carbonyl (C=O) groups excluding carboxylic acids is 2. The van der Waals surface area contributed by atoms with E-state index in [0.717, 1.165) is 42.4 Å². The number of hydrogen-bond donors (Lipinski definition) is 1. The van der Waals surface area contributed by atoms with Gasteiger partial charge >= 0.3 is 17.6 Å². The molecular weight excluding hydrogens is 817 g/mol. The zero-order valence-electron chi connectivity index (χ0n) is 37.8. The van der Waals surface area contributed by atoms with Crippen molar-refractivity contribution >= 4 is 22.9 Å². The van der Waals surface area contributed by atoms with E-state index in [9.17, 15) is 19.5 Å². The summed E-state index contributed by atoms with van der Waals surface area (Å²) in [5.41, 5.74) is 7.63. The highest BCUT2D eigenvalue weighted by molar-refractivity contribution is 5.90. The molecule has 336 valence electrons. The van der Waals surface area contributed by atoms with Crippen LogP contribution in [0, 0.1) is 17.8 Å². The second kappa shape index (κ2) is 18.9. The maximum absolute atomic E-state index is 15.0. The van der Waals surface area contributed by atoms with Crippen LogP contribution in [0.2, 0.25) is 0 Å². The molecule has 4 aromatic carbocycles. The van der Waals surface area contributed by atoms with Crippen molar-refractivity contribution in [3.8, 4) is 17.6 Å². The fraction of sp³-hybridized carbons (Fsp3) is 0.411. The van der Waals surface area contributed by atoms with Crippen molar-refractivity contribution in [1.29, 1.82) is 0 Å². The number of fused-ring (bicyclic) bond motifs is 9. The maximum atomic E-state index is 15.0. The minimum atomic E-state index is -1.27. The molecule has 7 unspecified atom stereocenters. The molecule has 1 saturated carbocycles. The molecule has 9 heteroatoms. The number of hydrogen-bond acceptors (Lipinski definition) is 9. The summed E-state index contributed by atoms with van der Waals surface area (Å²) in [4.78, 5) is 43.5. The van der Waals surface area contributed by atoms with Crippen LogP contribution in [0.15, 0.2) is 111 Å². The van der Waals surface area contributed by atoms with E-state index in [0.29, 0.717) is 53.5 Å². The summed E-state index contributed by atoms with van der Waals surface area (Å²) < 4.78 is 31.8. The Morgan fingerprint density at radius 2 is 1.74 bits per heavy atom. The third-order valence-electron chi connectivity index (χ3n) is 14.3. The number of allylic oxidation sites excluding steroid dienone is 1. The van der Waals surface area contributed by atoms with E-state index in [4.69, 9.17) is 23.4 Å². The smallest absolute Gasteiger partial charge is 0.339 e. The third-order valence-corrected chi connectivity index (χ3v) is 14.3. The minimum Gasteiger partial charge on any atom is -0.482 e. The van der Waals surface area contributed by atoms with Gasteiger partial charge in [-0.3, -0.25) is 4.79 Å². The largest absolute Gasteiger partial charge is 0.482 e. The van der Waals surface area contributed by atoms with Gasteiger partial charge in [-0.1, -0.05) is 90.2 Å². The summed E-state index contributed by atoms with van der Waals surface area (Å²) in [5, 5.41) is 10.4. The van der Waals surface area contributed by atoms with Crippen molar-refractivity contribution in [2.24, 2.45) is 5.92 Å².